The third kappa shape index (κ3) is 3.92. The van der Waals surface area contributed by atoms with E-state index in [9.17, 15) is 9.59 Å². The molecule has 1 heterocycles. The summed E-state index contributed by atoms with van der Waals surface area (Å²) in [7, 11) is 0. The zero-order chi connectivity index (χ0) is 12.7. The van der Waals surface area contributed by atoms with Crippen molar-refractivity contribution in [3.63, 3.8) is 0 Å². The van der Waals surface area contributed by atoms with E-state index in [1.54, 1.807) is 24.4 Å². The highest BCUT2D eigenvalue weighted by Crippen LogP contribution is 2.07. The van der Waals surface area contributed by atoms with Crippen LogP contribution in [0, 0.1) is 12.3 Å². The van der Waals surface area contributed by atoms with E-state index in [4.69, 9.17) is 11.2 Å². The molecule has 17 heavy (non-hydrogen) atoms. The van der Waals surface area contributed by atoms with Gasteiger partial charge < -0.3 is 4.74 Å². The van der Waals surface area contributed by atoms with Crippen LogP contribution < -0.4 is 0 Å². The molecule has 0 aliphatic carbocycles. The number of nitrogens with zero attached hydrogens (tertiary/aromatic N) is 1. The van der Waals surface area contributed by atoms with Crippen LogP contribution in [0.4, 0.5) is 0 Å². The zero-order valence-electron chi connectivity index (χ0n) is 9.34. The molecule has 0 saturated carbocycles. The molecule has 0 spiro atoms. The minimum absolute atomic E-state index is 0.0704. The van der Waals surface area contributed by atoms with Crippen molar-refractivity contribution in [2.75, 3.05) is 6.61 Å². The average Bonchev–Trinajstić information content (AvgIpc) is 2.34. The second-order valence-electron chi connectivity index (χ2n) is 3.15. The standard InChI is InChI=1S/C13H11NO3/c1-3-8-17-13(16)12(10(2)15)9-11-6-4-5-7-14-11/h1,4-7,9H,8H2,2H3. The Bertz CT molecular complexity index is 483. The van der Waals surface area contributed by atoms with Crippen LogP contribution in [0.1, 0.15) is 12.6 Å². The van der Waals surface area contributed by atoms with Gasteiger partial charge in [0, 0.05) is 6.20 Å². The van der Waals surface area contributed by atoms with Crippen molar-refractivity contribution in [1.29, 1.82) is 0 Å². The number of ether oxygens (including phenoxy) is 1. The predicted octanol–water partition coefficient (Wildman–Crippen LogP) is 1.23. The summed E-state index contributed by atoms with van der Waals surface area (Å²) in [5.41, 5.74) is 0.439. The third-order valence-electron chi connectivity index (χ3n) is 1.87. The van der Waals surface area contributed by atoms with Crippen molar-refractivity contribution in [1.82, 2.24) is 4.98 Å². The van der Waals surface area contributed by atoms with E-state index >= 15 is 0 Å². The van der Waals surface area contributed by atoms with Gasteiger partial charge in [-0.05, 0) is 25.1 Å². The summed E-state index contributed by atoms with van der Waals surface area (Å²) in [5.74, 6) is 1.03. The summed E-state index contributed by atoms with van der Waals surface area (Å²) in [5, 5.41) is 0. The molecule has 0 unspecified atom stereocenters. The Labute approximate surface area is 99.3 Å². The first kappa shape index (κ1) is 12.7. The van der Waals surface area contributed by atoms with Crippen LogP contribution >= 0.6 is 0 Å². The number of carbonyl (C=O) groups is 2. The van der Waals surface area contributed by atoms with E-state index in [2.05, 4.69) is 10.9 Å². The van der Waals surface area contributed by atoms with E-state index in [0.29, 0.717) is 5.69 Å². The first-order valence-corrected chi connectivity index (χ1v) is 4.89. The molecule has 1 aromatic heterocycles. The zero-order valence-corrected chi connectivity index (χ0v) is 9.34. The van der Waals surface area contributed by atoms with Gasteiger partial charge in [-0.2, -0.15) is 0 Å². The number of terminal acetylenes is 1. The van der Waals surface area contributed by atoms with Gasteiger partial charge in [0.25, 0.3) is 0 Å². The lowest BCUT2D eigenvalue weighted by molar-refractivity contribution is -0.138. The minimum Gasteiger partial charge on any atom is -0.449 e. The van der Waals surface area contributed by atoms with Crippen molar-refractivity contribution in [2.45, 2.75) is 6.92 Å². The normalized spacial score (nSPS) is 10.5. The van der Waals surface area contributed by atoms with Gasteiger partial charge in [0.1, 0.15) is 5.57 Å². The van der Waals surface area contributed by atoms with Crippen molar-refractivity contribution < 1.29 is 14.3 Å². The molecule has 0 fully saturated rings. The fourth-order valence-electron chi connectivity index (χ4n) is 1.10. The molecule has 0 radical (unpaired) electrons. The van der Waals surface area contributed by atoms with Gasteiger partial charge in [0.2, 0.25) is 0 Å². The van der Waals surface area contributed by atoms with Gasteiger partial charge in [0.05, 0.1) is 5.69 Å². The van der Waals surface area contributed by atoms with E-state index in [-0.39, 0.29) is 12.2 Å². The number of rotatable bonds is 4. The highest BCUT2D eigenvalue weighted by molar-refractivity contribution is 6.19. The van der Waals surface area contributed by atoms with Crippen molar-refractivity contribution >= 4 is 17.8 Å². The van der Waals surface area contributed by atoms with Crippen molar-refractivity contribution in [3.05, 3.63) is 35.7 Å². The molecule has 4 nitrogen and oxygen atoms in total. The number of aromatic nitrogens is 1. The van der Waals surface area contributed by atoms with Gasteiger partial charge in [-0.25, -0.2) is 4.79 Å². The molecular weight excluding hydrogens is 218 g/mol. The molecule has 0 bridgehead atoms. The molecule has 0 aliphatic heterocycles. The number of hydrogen-bond acceptors (Lipinski definition) is 4. The summed E-state index contributed by atoms with van der Waals surface area (Å²) < 4.78 is 4.69. The largest absolute Gasteiger partial charge is 0.449 e. The van der Waals surface area contributed by atoms with Crippen LogP contribution in [0.3, 0.4) is 0 Å². The minimum atomic E-state index is -0.735. The number of esters is 1. The average molecular weight is 229 g/mol. The SMILES string of the molecule is C#CCOC(=O)C(=Cc1ccccn1)C(C)=O. The van der Waals surface area contributed by atoms with Gasteiger partial charge in [-0.3, -0.25) is 9.78 Å². The van der Waals surface area contributed by atoms with Gasteiger partial charge in [0.15, 0.2) is 12.4 Å². The smallest absolute Gasteiger partial charge is 0.342 e. The van der Waals surface area contributed by atoms with E-state index in [0.717, 1.165) is 0 Å². The molecule has 1 aromatic rings. The van der Waals surface area contributed by atoms with Crippen LogP contribution in [0.15, 0.2) is 30.0 Å². The number of carbonyl (C=O) groups excluding carboxylic acids is 2. The highest BCUT2D eigenvalue weighted by Gasteiger charge is 2.15. The lowest BCUT2D eigenvalue weighted by Gasteiger charge is -2.02. The summed E-state index contributed by atoms with van der Waals surface area (Å²) in [6.45, 7) is 1.12. The van der Waals surface area contributed by atoms with Gasteiger partial charge >= 0.3 is 5.97 Å². The Morgan fingerprint density at radius 2 is 2.29 bits per heavy atom. The molecule has 0 aliphatic rings. The molecule has 0 atom stereocenters. The maximum atomic E-state index is 11.5. The lowest BCUT2D eigenvalue weighted by atomic mass is 10.1. The Balaban J connectivity index is 2.95. The van der Waals surface area contributed by atoms with Crippen LogP contribution in [-0.4, -0.2) is 23.3 Å². The summed E-state index contributed by atoms with van der Waals surface area (Å²) in [4.78, 5) is 26.8. The number of ketones is 1. The maximum absolute atomic E-state index is 11.5. The van der Waals surface area contributed by atoms with Crippen LogP contribution in [0.5, 0.6) is 0 Å². The lowest BCUT2D eigenvalue weighted by Crippen LogP contribution is -2.14. The number of hydrogen-bond donors (Lipinski definition) is 0. The van der Waals surface area contributed by atoms with E-state index < -0.39 is 11.8 Å². The Morgan fingerprint density at radius 3 is 2.82 bits per heavy atom. The summed E-state index contributed by atoms with van der Waals surface area (Å²) >= 11 is 0. The third-order valence-corrected chi connectivity index (χ3v) is 1.87. The summed E-state index contributed by atoms with van der Waals surface area (Å²) in [6, 6.07) is 5.17. The first-order valence-electron chi connectivity index (χ1n) is 4.89. The molecule has 0 amide bonds. The summed E-state index contributed by atoms with van der Waals surface area (Å²) in [6.07, 6.45) is 7.90. The molecule has 0 N–H and O–H groups in total. The topological polar surface area (TPSA) is 56.3 Å². The quantitative estimate of drug-likeness (QED) is 0.256. The van der Waals surface area contributed by atoms with E-state index in [1.165, 1.54) is 13.0 Å². The highest BCUT2D eigenvalue weighted by atomic mass is 16.5. The van der Waals surface area contributed by atoms with Gasteiger partial charge in [-0.1, -0.05) is 12.0 Å². The van der Waals surface area contributed by atoms with Crippen LogP contribution in [0.25, 0.3) is 6.08 Å². The molecular formula is C13H11NO3. The van der Waals surface area contributed by atoms with E-state index in [1.807, 2.05) is 0 Å². The predicted molar refractivity (Wildman–Crippen MR) is 62.7 cm³/mol. The van der Waals surface area contributed by atoms with Crippen LogP contribution in [0.2, 0.25) is 0 Å². The second-order valence-corrected chi connectivity index (χ2v) is 3.15. The number of Topliss-reactive ketones (excluding diaryl/α,β-unsaturated/α-hetero) is 1. The molecule has 86 valence electrons. The maximum Gasteiger partial charge on any atom is 0.342 e. The molecule has 1 rings (SSSR count). The van der Waals surface area contributed by atoms with Crippen molar-refractivity contribution in [3.8, 4) is 12.3 Å². The second kappa shape index (κ2) is 6.23. The molecule has 0 aromatic carbocycles. The fraction of sp³-hybridized carbons (Fsp3) is 0.154. The number of pyridine rings is 1. The Kier molecular flexibility index (Phi) is 4.64. The molecule has 0 saturated heterocycles. The monoisotopic (exact) mass is 229 g/mol. The molecule has 4 heteroatoms. The first-order chi connectivity index (χ1) is 8.15. The van der Waals surface area contributed by atoms with Crippen LogP contribution in [-0.2, 0) is 14.3 Å². The van der Waals surface area contributed by atoms with Gasteiger partial charge in [-0.15, -0.1) is 6.42 Å². The Morgan fingerprint density at radius 1 is 1.53 bits per heavy atom. The Hall–Kier alpha value is -2.41. The fourth-order valence-corrected chi connectivity index (χ4v) is 1.10. The van der Waals surface area contributed by atoms with Crippen molar-refractivity contribution in [2.24, 2.45) is 0 Å².